The molecule has 0 amide bonds. The molecule has 2 heterocycles. The fourth-order valence-electron chi connectivity index (χ4n) is 1.59. The molecule has 1 fully saturated rings. The Kier molecular flexibility index (Phi) is 3.96. The van der Waals surface area contributed by atoms with Gasteiger partial charge in [-0.05, 0) is 46.7 Å². The van der Waals surface area contributed by atoms with Crippen LogP contribution in [0.2, 0.25) is 0 Å². The van der Waals surface area contributed by atoms with Crippen molar-refractivity contribution < 1.29 is 4.42 Å². The first-order chi connectivity index (χ1) is 6.84. The van der Waals surface area contributed by atoms with Crippen LogP contribution in [0.15, 0.2) is 21.2 Å². The summed E-state index contributed by atoms with van der Waals surface area (Å²) in [6.07, 6.45) is 2.64. The Hall–Kier alpha value is 0.0700. The summed E-state index contributed by atoms with van der Waals surface area (Å²) in [4.78, 5) is 0. The maximum Gasteiger partial charge on any atom is 0.169 e. The first kappa shape index (κ1) is 10.6. The molecule has 1 atom stereocenters. The summed E-state index contributed by atoms with van der Waals surface area (Å²) in [5, 5.41) is 3.52. The van der Waals surface area contributed by atoms with Gasteiger partial charge in [0.15, 0.2) is 4.67 Å². The van der Waals surface area contributed by atoms with Gasteiger partial charge in [-0.15, -0.1) is 0 Å². The molecular weight excluding hydrogens is 262 g/mol. The molecule has 1 aliphatic heterocycles. The van der Waals surface area contributed by atoms with Crippen molar-refractivity contribution in [3.8, 4) is 0 Å². The van der Waals surface area contributed by atoms with E-state index in [0.29, 0.717) is 6.04 Å². The fourth-order valence-corrected chi connectivity index (χ4v) is 3.04. The maximum atomic E-state index is 5.42. The Bertz CT molecular complexity index is 283. The molecule has 78 valence electrons. The standard InChI is InChI=1S/C10H14BrNOS/c11-10-4-3-9(13-10)6-12-8-2-1-5-14-7-8/h3-4,8,12H,1-2,5-7H2. The van der Waals surface area contributed by atoms with Crippen LogP contribution in [0, 0.1) is 0 Å². The number of rotatable bonds is 3. The number of hydrogen-bond donors (Lipinski definition) is 1. The van der Waals surface area contributed by atoms with Crippen LogP contribution in [0.3, 0.4) is 0 Å². The van der Waals surface area contributed by atoms with E-state index in [1.54, 1.807) is 0 Å². The second-order valence-corrected chi connectivity index (χ2v) is 5.43. The first-order valence-corrected chi connectivity index (χ1v) is 6.85. The zero-order valence-electron chi connectivity index (χ0n) is 7.96. The summed E-state index contributed by atoms with van der Waals surface area (Å²) in [6, 6.07) is 4.61. The van der Waals surface area contributed by atoms with Gasteiger partial charge in [-0.3, -0.25) is 0 Å². The lowest BCUT2D eigenvalue weighted by Gasteiger charge is -2.21. The van der Waals surface area contributed by atoms with Gasteiger partial charge in [-0.2, -0.15) is 11.8 Å². The Morgan fingerprint density at radius 2 is 2.50 bits per heavy atom. The predicted octanol–water partition coefficient (Wildman–Crippen LogP) is 3.03. The molecule has 0 saturated carbocycles. The maximum absolute atomic E-state index is 5.42. The van der Waals surface area contributed by atoms with E-state index >= 15 is 0 Å². The zero-order valence-corrected chi connectivity index (χ0v) is 10.4. The van der Waals surface area contributed by atoms with E-state index in [1.165, 1.54) is 24.3 Å². The van der Waals surface area contributed by atoms with E-state index in [0.717, 1.165) is 17.0 Å². The molecule has 0 spiro atoms. The molecule has 1 saturated heterocycles. The monoisotopic (exact) mass is 275 g/mol. The Balaban J connectivity index is 1.76. The van der Waals surface area contributed by atoms with E-state index in [1.807, 2.05) is 23.9 Å². The second kappa shape index (κ2) is 5.24. The van der Waals surface area contributed by atoms with Crippen LogP contribution in [0.25, 0.3) is 0 Å². The number of halogens is 1. The Morgan fingerprint density at radius 1 is 1.57 bits per heavy atom. The normalized spacial score (nSPS) is 22.5. The molecule has 1 N–H and O–H groups in total. The molecular formula is C10H14BrNOS. The zero-order chi connectivity index (χ0) is 9.80. The molecule has 0 aromatic carbocycles. The van der Waals surface area contributed by atoms with Gasteiger partial charge in [-0.25, -0.2) is 0 Å². The molecule has 1 aliphatic rings. The van der Waals surface area contributed by atoms with E-state index in [-0.39, 0.29) is 0 Å². The number of nitrogens with one attached hydrogen (secondary N) is 1. The molecule has 1 aromatic rings. The van der Waals surface area contributed by atoms with Gasteiger partial charge in [0.25, 0.3) is 0 Å². The Morgan fingerprint density at radius 3 is 3.14 bits per heavy atom. The molecule has 0 aliphatic carbocycles. The van der Waals surface area contributed by atoms with Crippen LogP contribution in [0.5, 0.6) is 0 Å². The van der Waals surface area contributed by atoms with Crippen molar-refractivity contribution in [2.24, 2.45) is 0 Å². The Labute approximate surface area is 97.0 Å². The van der Waals surface area contributed by atoms with Crippen LogP contribution in [-0.4, -0.2) is 17.5 Å². The fraction of sp³-hybridized carbons (Fsp3) is 0.600. The largest absolute Gasteiger partial charge is 0.453 e. The van der Waals surface area contributed by atoms with E-state index in [4.69, 9.17) is 4.42 Å². The minimum atomic E-state index is 0.664. The molecule has 0 bridgehead atoms. The van der Waals surface area contributed by atoms with Crippen molar-refractivity contribution in [2.45, 2.75) is 25.4 Å². The lowest BCUT2D eigenvalue weighted by atomic mass is 10.2. The molecule has 2 nitrogen and oxygen atoms in total. The lowest BCUT2D eigenvalue weighted by molar-refractivity contribution is 0.432. The van der Waals surface area contributed by atoms with Gasteiger partial charge in [-0.1, -0.05) is 0 Å². The third kappa shape index (κ3) is 3.04. The predicted molar refractivity (Wildman–Crippen MR) is 63.6 cm³/mol. The second-order valence-electron chi connectivity index (χ2n) is 3.50. The average molecular weight is 276 g/mol. The van der Waals surface area contributed by atoms with Gasteiger partial charge >= 0.3 is 0 Å². The SMILES string of the molecule is Brc1ccc(CNC2CCCSC2)o1. The van der Waals surface area contributed by atoms with Gasteiger partial charge in [0.05, 0.1) is 6.54 Å². The van der Waals surface area contributed by atoms with Crippen LogP contribution < -0.4 is 5.32 Å². The molecule has 4 heteroatoms. The van der Waals surface area contributed by atoms with Gasteiger partial charge in [0, 0.05) is 11.8 Å². The van der Waals surface area contributed by atoms with Crippen molar-refractivity contribution in [1.82, 2.24) is 5.32 Å². The highest BCUT2D eigenvalue weighted by Gasteiger charge is 2.13. The van der Waals surface area contributed by atoms with E-state index in [9.17, 15) is 0 Å². The average Bonchev–Trinajstić information content (AvgIpc) is 2.63. The summed E-state index contributed by atoms with van der Waals surface area (Å²) in [7, 11) is 0. The topological polar surface area (TPSA) is 25.2 Å². The van der Waals surface area contributed by atoms with Crippen LogP contribution in [0.4, 0.5) is 0 Å². The number of hydrogen-bond acceptors (Lipinski definition) is 3. The van der Waals surface area contributed by atoms with Gasteiger partial charge in [0.2, 0.25) is 0 Å². The summed E-state index contributed by atoms with van der Waals surface area (Å²) in [5.41, 5.74) is 0. The van der Waals surface area contributed by atoms with E-state index < -0.39 is 0 Å². The summed E-state index contributed by atoms with van der Waals surface area (Å²) >= 11 is 5.34. The summed E-state index contributed by atoms with van der Waals surface area (Å²) < 4.78 is 6.23. The lowest BCUT2D eigenvalue weighted by Crippen LogP contribution is -2.33. The molecule has 0 radical (unpaired) electrons. The minimum Gasteiger partial charge on any atom is -0.453 e. The molecule has 1 aromatic heterocycles. The van der Waals surface area contributed by atoms with Gasteiger partial charge < -0.3 is 9.73 Å². The van der Waals surface area contributed by atoms with Crippen molar-refractivity contribution in [3.63, 3.8) is 0 Å². The smallest absolute Gasteiger partial charge is 0.169 e. The van der Waals surface area contributed by atoms with Crippen LogP contribution in [-0.2, 0) is 6.54 Å². The van der Waals surface area contributed by atoms with Crippen LogP contribution >= 0.6 is 27.7 Å². The first-order valence-electron chi connectivity index (χ1n) is 4.90. The highest BCUT2D eigenvalue weighted by molar-refractivity contribution is 9.10. The number of furan rings is 1. The molecule has 2 rings (SSSR count). The van der Waals surface area contributed by atoms with Crippen LogP contribution in [0.1, 0.15) is 18.6 Å². The summed E-state index contributed by atoms with van der Waals surface area (Å²) in [5.74, 6) is 3.57. The highest BCUT2D eigenvalue weighted by Crippen LogP contribution is 2.18. The third-order valence-corrected chi connectivity index (χ3v) is 4.00. The number of thioether (sulfide) groups is 1. The highest BCUT2D eigenvalue weighted by atomic mass is 79.9. The van der Waals surface area contributed by atoms with E-state index in [2.05, 4.69) is 21.2 Å². The molecule has 14 heavy (non-hydrogen) atoms. The summed E-state index contributed by atoms with van der Waals surface area (Å²) in [6.45, 7) is 0.844. The van der Waals surface area contributed by atoms with Gasteiger partial charge in [0.1, 0.15) is 5.76 Å². The third-order valence-electron chi connectivity index (χ3n) is 2.35. The molecule has 1 unspecified atom stereocenters. The van der Waals surface area contributed by atoms with Crippen molar-refractivity contribution in [1.29, 1.82) is 0 Å². The minimum absolute atomic E-state index is 0.664. The van der Waals surface area contributed by atoms with Crippen molar-refractivity contribution in [2.75, 3.05) is 11.5 Å². The van der Waals surface area contributed by atoms with Crippen molar-refractivity contribution >= 4 is 27.7 Å². The van der Waals surface area contributed by atoms with Crippen molar-refractivity contribution in [3.05, 3.63) is 22.6 Å². The quantitative estimate of drug-likeness (QED) is 0.918.